The number of hydrogen-bond donors (Lipinski definition) is 0. The van der Waals surface area contributed by atoms with E-state index in [1.54, 1.807) is 0 Å². The van der Waals surface area contributed by atoms with Crippen LogP contribution in [0.4, 0.5) is 45.5 Å². The van der Waals surface area contributed by atoms with Gasteiger partial charge < -0.3 is 37.9 Å². The number of rotatable bonds is 14. The molecule has 0 amide bonds. The Balaban J connectivity index is 0.000000102. The van der Waals surface area contributed by atoms with Gasteiger partial charge in [-0.25, -0.2) is 0 Å². The highest BCUT2D eigenvalue weighted by molar-refractivity contribution is 6.25. The van der Waals surface area contributed by atoms with Crippen LogP contribution in [0.1, 0.15) is 0 Å². The Hall–Kier alpha value is -17.7. The second kappa shape index (κ2) is 35.9. The summed E-state index contributed by atoms with van der Waals surface area (Å²) in [7, 11) is 8.51. The van der Waals surface area contributed by atoms with Crippen molar-refractivity contribution in [3.63, 3.8) is 0 Å². The molecule has 4 aromatic heterocycles. The Morgan fingerprint density at radius 2 is 0.331 bits per heavy atom. The predicted molar refractivity (Wildman–Crippen MR) is 582 cm³/mol. The standard InChI is InChI=1S/2C35H26N2.2C29H22N2/c1-36(28-19-16-26(17-20-28)25-10-4-2-5-11-25)30-21-23-33-32(24-30)35-31-15-9-8-12-27(31)18-22-34(35)37(33)29-13-6-3-7-14-29;1-36(28-18-15-26(16-19-28)25-9-3-2-4-10-25)29-20-22-30(23-21-29)37-33-14-8-7-13-32(33)35-31-12-6-5-11-27(31)17-24-34(35)37;1-30(22-11-4-2-5-12-22)24-17-19-27-26(20-24)29-25-15-9-8-10-21(25)16-18-28(29)31(27)23-13-6-3-7-14-23;1-30(22-10-3-2-4-11-22)23-16-18-24(19-17-23)31-27-14-8-7-13-26(27)29-25-12-6-5-9-21(25)15-20-28(29)31/h2*2-24H,1H3;2*2-20H,1H3. The maximum absolute atomic E-state index is 2.38. The predicted octanol–water partition coefficient (Wildman–Crippen LogP) is 34.2. The first kappa shape index (κ1) is 82.7. The second-order valence-electron chi connectivity index (χ2n) is 34.9. The fourth-order valence-electron chi connectivity index (χ4n) is 20.3. The van der Waals surface area contributed by atoms with Crippen LogP contribution < -0.4 is 19.6 Å². The van der Waals surface area contributed by atoms with Gasteiger partial charge >= 0.3 is 0 Å². The molecule has 0 bridgehead atoms. The van der Waals surface area contributed by atoms with Gasteiger partial charge in [-0.05, 0) is 259 Å². The molecule has 0 saturated carbocycles. The summed E-state index contributed by atoms with van der Waals surface area (Å²) < 4.78 is 9.53. The van der Waals surface area contributed by atoms with Crippen LogP contribution in [0.5, 0.6) is 0 Å². The summed E-state index contributed by atoms with van der Waals surface area (Å²) in [6, 6.07) is 182. The third kappa shape index (κ3) is 15.3. The Kier molecular flexibility index (Phi) is 21.8. The first-order valence-corrected chi connectivity index (χ1v) is 46.6. The number of fused-ring (bicyclic) bond motifs is 20. The molecule has 0 N–H and O–H groups in total. The maximum atomic E-state index is 2.38. The van der Waals surface area contributed by atoms with E-state index in [9.17, 15) is 0 Å². The van der Waals surface area contributed by atoms with E-state index in [1.165, 1.54) is 198 Å². The van der Waals surface area contributed by atoms with E-state index in [1.807, 2.05) is 6.07 Å². The van der Waals surface area contributed by atoms with E-state index in [2.05, 4.69) is 570 Å². The third-order valence-electron chi connectivity index (χ3n) is 27.2. The Bertz CT molecular complexity index is 8860. The molecule has 0 radical (unpaired) electrons. The minimum Gasteiger partial charge on any atom is -0.345 e. The highest BCUT2D eigenvalue weighted by Crippen LogP contribution is 2.45. The minimum atomic E-state index is 1.16. The summed E-state index contributed by atoms with van der Waals surface area (Å²) in [5, 5.41) is 20.6. The SMILES string of the molecule is CN(c1ccc(-c2ccccc2)cc1)c1ccc(-n2c3ccccc3c3c4ccccc4ccc32)cc1.CN(c1ccc(-c2ccccc2)cc1)c1ccc2c(c1)c1c3ccccc3ccc1n2-c1ccccc1.CN(c1ccccc1)c1ccc(-n2c3ccccc3c3c4ccccc4ccc32)cc1.CN(c1ccccc1)c1ccc2c(c1)c1c3ccccc3ccc1n2-c1ccccc1. The van der Waals surface area contributed by atoms with Crippen LogP contribution in [-0.4, -0.2) is 46.5 Å². The van der Waals surface area contributed by atoms with Gasteiger partial charge in [0.05, 0.1) is 44.1 Å². The lowest BCUT2D eigenvalue weighted by molar-refractivity contribution is 1.16. The molecule has 0 aliphatic rings. The van der Waals surface area contributed by atoms with Crippen LogP contribution in [0, 0.1) is 0 Å². The molecule has 26 aromatic rings. The summed E-state index contributed by atoms with van der Waals surface area (Å²) in [4.78, 5) is 8.96. The van der Waals surface area contributed by atoms with Crippen LogP contribution >= 0.6 is 0 Å². The van der Waals surface area contributed by atoms with Crippen molar-refractivity contribution < 1.29 is 0 Å². The topological polar surface area (TPSA) is 32.7 Å². The molecule has 4 heterocycles. The first-order valence-electron chi connectivity index (χ1n) is 46.6. The number of anilines is 8. The Morgan fingerprint density at radius 3 is 0.640 bits per heavy atom. The monoisotopic (exact) mass is 1740 g/mol. The van der Waals surface area contributed by atoms with Gasteiger partial charge in [0, 0.05) is 140 Å². The van der Waals surface area contributed by atoms with Gasteiger partial charge in [0.15, 0.2) is 0 Å². The fourth-order valence-corrected chi connectivity index (χ4v) is 20.3. The smallest absolute Gasteiger partial charge is 0.0547 e. The molecule has 0 saturated heterocycles. The van der Waals surface area contributed by atoms with Crippen molar-refractivity contribution in [2.75, 3.05) is 47.8 Å². The lowest BCUT2D eigenvalue weighted by Crippen LogP contribution is -2.09. The molecule has 8 nitrogen and oxygen atoms in total. The van der Waals surface area contributed by atoms with E-state index in [0.29, 0.717) is 0 Å². The van der Waals surface area contributed by atoms with Gasteiger partial charge in [0.25, 0.3) is 0 Å². The van der Waals surface area contributed by atoms with Crippen molar-refractivity contribution in [2.24, 2.45) is 0 Å². The molecule has 0 spiro atoms. The van der Waals surface area contributed by atoms with Gasteiger partial charge in [0.1, 0.15) is 0 Å². The van der Waals surface area contributed by atoms with Crippen LogP contribution in [0.2, 0.25) is 0 Å². The number of benzene rings is 22. The summed E-state index contributed by atoms with van der Waals surface area (Å²) in [5.41, 5.74) is 28.8. The normalized spacial score (nSPS) is 11.4. The van der Waals surface area contributed by atoms with E-state index < -0.39 is 0 Å². The van der Waals surface area contributed by atoms with E-state index in [-0.39, 0.29) is 0 Å². The molecular formula is C128H96N8. The molecule has 648 valence electrons. The lowest BCUT2D eigenvalue weighted by atomic mass is 10.0. The summed E-state index contributed by atoms with van der Waals surface area (Å²) in [6.07, 6.45) is 0. The van der Waals surface area contributed by atoms with E-state index in [4.69, 9.17) is 0 Å². The van der Waals surface area contributed by atoms with Gasteiger partial charge in [-0.2, -0.15) is 0 Å². The van der Waals surface area contributed by atoms with E-state index >= 15 is 0 Å². The zero-order chi connectivity index (χ0) is 91.1. The van der Waals surface area contributed by atoms with Crippen molar-refractivity contribution in [1.29, 1.82) is 0 Å². The average molecular weight is 1750 g/mol. The second-order valence-corrected chi connectivity index (χ2v) is 34.9. The van der Waals surface area contributed by atoms with Crippen molar-refractivity contribution in [2.45, 2.75) is 0 Å². The Labute approximate surface area is 791 Å². The molecule has 8 heteroatoms. The number of aromatic nitrogens is 4. The summed E-state index contributed by atoms with van der Waals surface area (Å²) >= 11 is 0. The van der Waals surface area contributed by atoms with Crippen molar-refractivity contribution in [3.8, 4) is 45.0 Å². The third-order valence-corrected chi connectivity index (χ3v) is 27.2. The molecular weight excluding hydrogens is 1650 g/mol. The molecule has 0 fully saturated rings. The molecule has 0 aliphatic carbocycles. The van der Waals surface area contributed by atoms with Crippen molar-refractivity contribution in [1.82, 2.24) is 18.3 Å². The molecule has 0 aliphatic heterocycles. The van der Waals surface area contributed by atoms with Crippen LogP contribution in [0.3, 0.4) is 0 Å². The molecule has 0 atom stereocenters. The number of hydrogen-bond acceptors (Lipinski definition) is 4. The van der Waals surface area contributed by atoms with Gasteiger partial charge in [-0.15, -0.1) is 0 Å². The molecule has 22 aromatic carbocycles. The first-order chi connectivity index (χ1) is 67.2. The van der Waals surface area contributed by atoms with Crippen molar-refractivity contribution >= 4 is 176 Å². The fraction of sp³-hybridized carbons (Fsp3) is 0.0312. The van der Waals surface area contributed by atoms with Crippen LogP contribution in [-0.2, 0) is 0 Å². The van der Waals surface area contributed by atoms with Gasteiger partial charge in [-0.1, -0.05) is 315 Å². The lowest BCUT2D eigenvalue weighted by Gasteiger charge is -2.20. The largest absolute Gasteiger partial charge is 0.345 e. The zero-order valence-electron chi connectivity index (χ0n) is 76.1. The van der Waals surface area contributed by atoms with Crippen molar-refractivity contribution in [3.05, 3.63) is 510 Å². The number of nitrogens with zero attached hydrogens (tertiary/aromatic N) is 8. The number of para-hydroxylation sites is 6. The van der Waals surface area contributed by atoms with Gasteiger partial charge in [0.2, 0.25) is 0 Å². The summed E-state index contributed by atoms with van der Waals surface area (Å²) in [5.74, 6) is 0. The van der Waals surface area contributed by atoms with Crippen LogP contribution in [0.25, 0.3) is 175 Å². The minimum absolute atomic E-state index is 1.16. The summed E-state index contributed by atoms with van der Waals surface area (Å²) in [6.45, 7) is 0. The highest BCUT2D eigenvalue weighted by Gasteiger charge is 2.23. The zero-order valence-corrected chi connectivity index (χ0v) is 76.1. The quantitative estimate of drug-likeness (QED) is 0.109. The Morgan fingerprint density at radius 1 is 0.132 bits per heavy atom. The molecule has 136 heavy (non-hydrogen) atoms. The average Bonchev–Trinajstić information content (AvgIpc) is 1.71. The van der Waals surface area contributed by atoms with Crippen LogP contribution in [0.15, 0.2) is 510 Å². The van der Waals surface area contributed by atoms with Gasteiger partial charge in [-0.3, -0.25) is 0 Å². The van der Waals surface area contributed by atoms with E-state index in [0.717, 1.165) is 22.7 Å². The molecule has 26 rings (SSSR count). The highest BCUT2D eigenvalue weighted by atomic mass is 15.1. The maximum Gasteiger partial charge on any atom is 0.0547 e. The molecule has 0 unspecified atom stereocenters.